The van der Waals surface area contributed by atoms with Crippen LogP contribution < -0.4 is 20.3 Å². The summed E-state index contributed by atoms with van der Waals surface area (Å²) in [5.74, 6) is -0.825. The van der Waals surface area contributed by atoms with Crippen molar-refractivity contribution in [3.63, 3.8) is 0 Å². The van der Waals surface area contributed by atoms with Gasteiger partial charge in [-0.3, -0.25) is 14.5 Å². The molecule has 0 bridgehead atoms. The number of aliphatic carboxylic acids is 1. The second-order valence-corrected chi connectivity index (χ2v) is 6.25. The lowest BCUT2D eigenvalue weighted by molar-refractivity contribution is -0.149. The standard InChI is InChI=1S/C18H25N3O5/c1-4-18(5-2,16(23)24)11-20-15(22)12-6-7-14(26-3)13(10-12)21-9-8-19-17(21)25/h6-7,10H,4-5,8-9,11H2,1-3H3,(H,19,25)(H,20,22)(H,23,24). The first-order valence-electron chi connectivity index (χ1n) is 8.63. The molecule has 1 aliphatic heterocycles. The number of hydrogen-bond donors (Lipinski definition) is 3. The number of rotatable bonds is 8. The second kappa shape index (κ2) is 8.07. The zero-order valence-electron chi connectivity index (χ0n) is 15.3. The minimum atomic E-state index is -0.986. The minimum absolute atomic E-state index is 0.0414. The lowest BCUT2D eigenvalue weighted by atomic mass is 9.82. The van der Waals surface area contributed by atoms with Crippen molar-refractivity contribution in [2.75, 3.05) is 31.6 Å². The van der Waals surface area contributed by atoms with Crippen LogP contribution in [0, 0.1) is 5.41 Å². The summed E-state index contributed by atoms with van der Waals surface area (Å²) in [6.45, 7) is 4.63. The summed E-state index contributed by atoms with van der Waals surface area (Å²) in [5.41, 5.74) is -0.141. The molecule has 0 spiro atoms. The zero-order valence-corrected chi connectivity index (χ0v) is 15.3. The number of hydrogen-bond acceptors (Lipinski definition) is 4. The van der Waals surface area contributed by atoms with Crippen molar-refractivity contribution in [2.45, 2.75) is 26.7 Å². The van der Waals surface area contributed by atoms with Gasteiger partial charge in [0.15, 0.2) is 0 Å². The van der Waals surface area contributed by atoms with Gasteiger partial charge in [0.2, 0.25) is 0 Å². The summed E-state index contributed by atoms with van der Waals surface area (Å²) in [5, 5.41) is 14.9. The predicted molar refractivity (Wildman–Crippen MR) is 96.7 cm³/mol. The van der Waals surface area contributed by atoms with E-state index in [0.29, 0.717) is 42.9 Å². The van der Waals surface area contributed by atoms with E-state index in [9.17, 15) is 19.5 Å². The zero-order chi connectivity index (χ0) is 19.3. The highest BCUT2D eigenvalue weighted by Crippen LogP contribution is 2.31. The van der Waals surface area contributed by atoms with Gasteiger partial charge in [0.1, 0.15) is 5.75 Å². The predicted octanol–water partition coefficient (Wildman–Crippen LogP) is 1.85. The monoisotopic (exact) mass is 363 g/mol. The fourth-order valence-corrected chi connectivity index (χ4v) is 2.97. The first-order valence-corrected chi connectivity index (χ1v) is 8.63. The second-order valence-electron chi connectivity index (χ2n) is 6.25. The largest absolute Gasteiger partial charge is 0.495 e. The van der Waals surface area contributed by atoms with Crippen molar-refractivity contribution in [2.24, 2.45) is 5.41 Å². The van der Waals surface area contributed by atoms with Crippen LogP contribution in [0.4, 0.5) is 10.5 Å². The van der Waals surface area contributed by atoms with Crippen molar-refractivity contribution in [1.82, 2.24) is 10.6 Å². The number of carboxylic acid groups (broad SMARTS) is 1. The molecule has 1 aromatic carbocycles. The minimum Gasteiger partial charge on any atom is -0.495 e. The average Bonchev–Trinajstić information content (AvgIpc) is 3.07. The SMILES string of the molecule is CCC(CC)(CNC(=O)c1ccc(OC)c(N2CCNC2=O)c1)C(=O)O. The van der Waals surface area contributed by atoms with E-state index in [-0.39, 0.29) is 18.5 Å². The molecule has 2 rings (SSSR count). The van der Waals surface area contributed by atoms with E-state index in [1.807, 2.05) is 0 Å². The maximum Gasteiger partial charge on any atom is 0.322 e. The molecular weight excluding hydrogens is 338 g/mol. The Bertz CT molecular complexity index is 700. The van der Waals surface area contributed by atoms with Gasteiger partial charge in [0.25, 0.3) is 5.91 Å². The van der Waals surface area contributed by atoms with Gasteiger partial charge in [-0.15, -0.1) is 0 Å². The van der Waals surface area contributed by atoms with Crippen LogP contribution >= 0.6 is 0 Å². The van der Waals surface area contributed by atoms with Gasteiger partial charge in [-0.05, 0) is 31.0 Å². The molecule has 142 valence electrons. The van der Waals surface area contributed by atoms with Crippen molar-refractivity contribution >= 4 is 23.6 Å². The number of nitrogens with one attached hydrogen (secondary N) is 2. The van der Waals surface area contributed by atoms with E-state index in [4.69, 9.17) is 4.74 Å². The third-order valence-electron chi connectivity index (χ3n) is 4.98. The Balaban J connectivity index is 2.21. The Morgan fingerprint density at radius 1 is 1.35 bits per heavy atom. The van der Waals surface area contributed by atoms with E-state index in [2.05, 4.69) is 10.6 Å². The Hall–Kier alpha value is -2.77. The van der Waals surface area contributed by atoms with E-state index in [0.717, 1.165) is 0 Å². The van der Waals surface area contributed by atoms with Gasteiger partial charge in [-0.25, -0.2) is 4.79 Å². The van der Waals surface area contributed by atoms with Crippen LogP contribution in [0.2, 0.25) is 0 Å². The normalized spacial score (nSPS) is 14.1. The number of carbonyl (C=O) groups excluding carboxylic acids is 2. The fraction of sp³-hybridized carbons (Fsp3) is 0.500. The van der Waals surface area contributed by atoms with Crippen LogP contribution in [0.5, 0.6) is 5.75 Å². The molecule has 0 aliphatic carbocycles. The van der Waals surface area contributed by atoms with E-state index in [1.165, 1.54) is 12.0 Å². The molecule has 0 unspecified atom stereocenters. The summed E-state index contributed by atoms with van der Waals surface area (Å²) in [6, 6.07) is 4.55. The van der Waals surface area contributed by atoms with E-state index >= 15 is 0 Å². The van der Waals surface area contributed by atoms with Crippen LogP contribution in [0.3, 0.4) is 0 Å². The third kappa shape index (κ3) is 3.74. The number of methoxy groups -OCH3 is 1. The lowest BCUT2D eigenvalue weighted by Crippen LogP contribution is -2.42. The Morgan fingerprint density at radius 2 is 2.04 bits per heavy atom. The van der Waals surface area contributed by atoms with Gasteiger partial charge in [0.05, 0.1) is 18.2 Å². The Morgan fingerprint density at radius 3 is 2.54 bits per heavy atom. The van der Waals surface area contributed by atoms with Gasteiger partial charge in [0, 0.05) is 25.2 Å². The number of urea groups is 1. The van der Waals surface area contributed by atoms with Crippen molar-refractivity contribution < 1.29 is 24.2 Å². The average molecular weight is 363 g/mol. The van der Waals surface area contributed by atoms with E-state index in [1.54, 1.807) is 32.0 Å². The van der Waals surface area contributed by atoms with Gasteiger partial charge >= 0.3 is 12.0 Å². The van der Waals surface area contributed by atoms with Gasteiger partial charge < -0.3 is 20.5 Å². The summed E-state index contributed by atoms with van der Waals surface area (Å²) < 4.78 is 5.29. The molecule has 0 radical (unpaired) electrons. The van der Waals surface area contributed by atoms with Crippen LogP contribution in [-0.4, -0.2) is 49.8 Å². The van der Waals surface area contributed by atoms with Gasteiger partial charge in [-0.2, -0.15) is 0 Å². The molecule has 3 amide bonds. The Kier molecular flexibility index (Phi) is 6.07. The molecule has 26 heavy (non-hydrogen) atoms. The van der Waals surface area contributed by atoms with Crippen LogP contribution in [0.15, 0.2) is 18.2 Å². The molecule has 8 nitrogen and oxygen atoms in total. The van der Waals surface area contributed by atoms with Gasteiger partial charge in [-0.1, -0.05) is 13.8 Å². The third-order valence-corrected chi connectivity index (χ3v) is 4.98. The molecule has 3 N–H and O–H groups in total. The smallest absolute Gasteiger partial charge is 0.322 e. The summed E-state index contributed by atoms with van der Waals surface area (Å²) in [4.78, 5) is 37.5. The van der Waals surface area contributed by atoms with Crippen molar-refractivity contribution in [3.05, 3.63) is 23.8 Å². The highest BCUT2D eigenvalue weighted by Gasteiger charge is 2.35. The number of anilines is 1. The maximum absolute atomic E-state index is 12.5. The number of carbonyl (C=O) groups is 3. The first-order chi connectivity index (χ1) is 12.4. The molecule has 1 aliphatic rings. The molecule has 8 heteroatoms. The highest BCUT2D eigenvalue weighted by molar-refractivity contribution is 6.00. The van der Waals surface area contributed by atoms with Crippen molar-refractivity contribution in [1.29, 1.82) is 0 Å². The molecule has 0 saturated carbocycles. The van der Waals surface area contributed by atoms with E-state index < -0.39 is 11.4 Å². The lowest BCUT2D eigenvalue weighted by Gasteiger charge is -2.27. The maximum atomic E-state index is 12.5. The summed E-state index contributed by atoms with van der Waals surface area (Å²) in [6.07, 6.45) is 0.835. The summed E-state index contributed by atoms with van der Waals surface area (Å²) >= 11 is 0. The highest BCUT2D eigenvalue weighted by atomic mass is 16.5. The molecule has 1 heterocycles. The van der Waals surface area contributed by atoms with Crippen LogP contribution in [0.1, 0.15) is 37.0 Å². The molecule has 0 aromatic heterocycles. The molecule has 1 fully saturated rings. The van der Waals surface area contributed by atoms with Crippen LogP contribution in [-0.2, 0) is 4.79 Å². The topological polar surface area (TPSA) is 108 Å². The fourth-order valence-electron chi connectivity index (χ4n) is 2.97. The van der Waals surface area contributed by atoms with Crippen molar-refractivity contribution in [3.8, 4) is 5.75 Å². The summed E-state index contributed by atoms with van der Waals surface area (Å²) in [7, 11) is 1.50. The number of carboxylic acids is 1. The quantitative estimate of drug-likeness (QED) is 0.653. The first kappa shape index (κ1) is 19.6. The number of amides is 3. The van der Waals surface area contributed by atoms with Crippen LogP contribution in [0.25, 0.3) is 0 Å². The molecule has 1 aromatic rings. The molecular formula is C18H25N3O5. The number of nitrogens with zero attached hydrogens (tertiary/aromatic N) is 1. The number of ether oxygens (including phenoxy) is 1. The molecule has 1 saturated heterocycles. The number of benzene rings is 1. The molecule has 0 atom stereocenters. The Labute approximate surface area is 152 Å².